The molecular weight excluding hydrogens is 290 g/mol. The van der Waals surface area contributed by atoms with Gasteiger partial charge in [0.15, 0.2) is 0 Å². The number of carbonyl (C=O) groups is 1. The number of rotatable bonds is 5. The minimum atomic E-state index is -0.443. The number of nitrogens with zero attached hydrogens (tertiary/aromatic N) is 3. The number of carbonyl (C=O) groups excluding carboxylic acids is 1. The number of likely N-dealkylation sites (tertiary alicyclic amines) is 1. The van der Waals surface area contributed by atoms with Crippen molar-refractivity contribution in [1.29, 1.82) is 0 Å². The summed E-state index contributed by atoms with van der Waals surface area (Å²) in [6.07, 6.45) is 7.02. The number of hydrogen-bond donors (Lipinski definition) is 1. The van der Waals surface area contributed by atoms with Crippen LogP contribution in [0.5, 0.6) is 0 Å². The predicted octanol–water partition coefficient (Wildman–Crippen LogP) is 1.73. The lowest BCUT2D eigenvalue weighted by molar-refractivity contribution is -0.135. The number of aliphatic hydroxyl groups excluding tert-OH is 1. The summed E-state index contributed by atoms with van der Waals surface area (Å²) in [4.78, 5) is 18.1. The normalized spacial score (nSPS) is 21.3. The van der Waals surface area contributed by atoms with Gasteiger partial charge in [-0.2, -0.15) is 0 Å². The van der Waals surface area contributed by atoms with E-state index in [1.165, 1.54) is 5.56 Å². The van der Waals surface area contributed by atoms with Crippen molar-refractivity contribution >= 4 is 5.91 Å². The van der Waals surface area contributed by atoms with E-state index in [0.717, 1.165) is 19.4 Å². The topological polar surface area (TPSA) is 58.4 Å². The monoisotopic (exact) mass is 313 g/mol. The maximum atomic E-state index is 12.3. The molecule has 23 heavy (non-hydrogen) atoms. The van der Waals surface area contributed by atoms with Crippen LogP contribution in [0.15, 0.2) is 49.1 Å². The lowest BCUT2D eigenvalue weighted by atomic mass is 9.88. The molecule has 1 aliphatic rings. The van der Waals surface area contributed by atoms with Crippen molar-refractivity contribution in [2.24, 2.45) is 5.92 Å². The van der Waals surface area contributed by atoms with Crippen molar-refractivity contribution in [2.45, 2.75) is 31.9 Å². The zero-order valence-corrected chi connectivity index (χ0v) is 13.2. The molecule has 1 saturated heterocycles. The van der Waals surface area contributed by atoms with Crippen LogP contribution in [-0.4, -0.2) is 44.7 Å². The summed E-state index contributed by atoms with van der Waals surface area (Å²) in [6.45, 7) is 1.82. The quantitative estimate of drug-likeness (QED) is 0.914. The number of aryl methyl sites for hydroxylation is 1. The van der Waals surface area contributed by atoms with Crippen molar-refractivity contribution in [3.8, 4) is 0 Å². The van der Waals surface area contributed by atoms with Crippen LogP contribution in [0.3, 0.4) is 0 Å². The first-order chi connectivity index (χ1) is 11.2. The van der Waals surface area contributed by atoms with Gasteiger partial charge in [0.25, 0.3) is 0 Å². The third kappa shape index (κ3) is 4.20. The number of aromatic nitrogens is 2. The van der Waals surface area contributed by atoms with Gasteiger partial charge < -0.3 is 14.6 Å². The van der Waals surface area contributed by atoms with Crippen LogP contribution in [0.2, 0.25) is 0 Å². The Hall–Kier alpha value is -2.14. The summed E-state index contributed by atoms with van der Waals surface area (Å²) in [7, 11) is 0. The third-order valence-corrected chi connectivity index (χ3v) is 4.56. The van der Waals surface area contributed by atoms with Gasteiger partial charge in [-0.3, -0.25) is 4.79 Å². The van der Waals surface area contributed by atoms with Gasteiger partial charge in [-0.15, -0.1) is 0 Å². The Morgan fingerprint density at radius 3 is 2.83 bits per heavy atom. The van der Waals surface area contributed by atoms with E-state index in [1.807, 2.05) is 29.0 Å². The van der Waals surface area contributed by atoms with Crippen LogP contribution in [0.25, 0.3) is 0 Å². The fourth-order valence-corrected chi connectivity index (χ4v) is 3.16. The molecule has 2 atom stereocenters. The van der Waals surface area contributed by atoms with Crippen molar-refractivity contribution < 1.29 is 9.90 Å². The summed E-state index contributed by atoms with van der Waals surface area (Å²) in [5, 5.41) is 10.4. The van der Waals surface area contributed by atoms with Crippen LogP contribution in [-0.2, 0) is 17.8 Å². The molecule has 3 rings (SSSR count). The Balaban J connectivity index is 1.48. The summed E-state index contributed by atoms with van der Waals surface area (Å²) in [5.74, 6) is 0.339. The average molecular weight is 313 g/mol. The number of imidazole rings is 1. The number of amides is 1. The Morgan fingerprint density at radius 1 is 1.30 bits per heavy atom. The molecule has 1 amide bonds. The van der Waals surface area contributed by atoms with E-state index in [1.54, 1.807) is 17.4 Å². The first kappa shape index (κ1) is 15.7. The smallest absolute Gasteiger partial charge is 0.224 e. The molecule has 2 heterocycles. The molecule has 1 aromatic carbocycles. The molecule has 2 aromatic rings. The van der Waals surface area contributed by atoms with Gasteiger partial charge in [0, 0.05) is 38.4 Å². The highest BCUT2D eigenvalue weighted by Crippen LogP contribution is 2.22. The lowest BCUT2D eigenvalue weighted by Gasteiger charge is -2.36. The van der Waals surface area contributed by atoms with E-state index in [9.17, 15) is 9.90 Å². The fraction of sp³-hybridized carbons (Fsp3) is 0.444. The molecule has 1 N–H and O–H groups in total. The Kier molecular flexibility index (Phi) is 5.08. The first-order valence-corrected chi connectivity index (χ1v) is 8.18. The summed E-state index contributed by atoms with van der Waals surface area (Å²) in [5.41, 5.74) is 1.25. The van der Waals surface area contributed by atoms with Crippen molar-refractivity contribution in [2.75, 3.05) is 13.1 Å². The van der Waals surface area contributed by atoms with Gasteiger partial charge in [-0.1, -0.05) is 30.3 Å². The van der Waals surface area contributed by atoms with Crippen molar-refractivity contribution in [1.82, 2.24) is 14.5 Å². The van der Waals surface area contributed by atoms with Crippen molar-refractivity contribution in [3.63, 3.8) is 0 Å². The maximum Gasteiger partial charge on any atom is 0.224 e. The molecule has 0 unspecified atom stereocenters. The fourth-order valence-electron chi connectivity index (χ4n) is 3.16. The highest BCUT2D eigenvalue weighted by Gasteiger charge is 2.29. The van der Waals surface area contributed by atoms with E-state index in [4.69, 9.17) is 0 Å². The maximum absolute atomic E-state index is 12.3. The lowest BCUT2D eigenvalue weighted by Crippen LogP contribution is -2.47. The van der Waals surface area contributed by atoms with E-state index in [2.05, 4.69) is 17.1 Å². The second-order valence-electron chi connectivity index (χ2n) is 6.20. The molecule has 122 valence electrons. The van der Waals surface area contributed by atoms with Gasteiger partial charge in [-0.25, -0.2) is 4.98 Å². The third-order valence-electron chi connectivity index (χ3n) is 4.56. The van der Waals surface area contributed by atoms with Gasteiger partial charge in [0.05, 0.1) is 12.4 Å². The molecule has 5 heteroatoms. The van der Waals surface area contributed by atoms with E-state index in [0.29, 0.717) is 19.5 Å². The zero-order chi connectivity index (χ0) is 16.1. The van der Waals surface area contributed by atoms with E-state index >= 15 is 0 Å². The molecule has 0 bridgehead atoms. The van der Waals surface area contributed by atoms with Crippen LogP contribution < -0.4 is 0 Å². The van der Waals surface area contributed by atoms with Gasteiger partial charge in [-0.05, 0) is 24.3 Å². The standard InChI is InChI=1S/C18H23N3O2/c22-17-13-21(18(23)7-9-20-11-8-19-14-20)10-6-16(17)12-15-4-2-1-3-5-15/h1-5,8,11,14,16-17,22H,6-7,9-10,12-13H2/t16-,17+/m1/s1. The number of benzene rings is 1. The molecule has 5 nitrogen and oxygen atoms in total. The first-order valence-electron chi connectivity index (χ1n) is 8.18. The highest BCUT2D eigenvalue weighted by atomic mass is 16.3. The Bertz CT molecular complexity index is 612. The predicted molar refractivity (Wildman–Crippen MR) is 87.7 cm³/mol. The summed E-state index contributed by atoms with van der Waals surface area (Å²) >= 11 is 0. The molecule has 1 aromatic heterocycles. The van der Waals surface area contributed by atoms with Crippen molar-refractivity contribution in [3.05, 3.63) is 54.6 Å². The van der Waals surface area contributed by atoms with Crippen LogP contribution in [0, 0.1) is 5.92 Å². The second kappa shape index (κ2) is 7.42. The molecule has 0 aliphatic carbocycles. The number of β-amino-alcohol motifs (C(OH)–C–C–N with tert-alkyl or cyclic N) is 1. The number of hydrogen-bond acceptors (Lipinski definition) is 3. The minimum Gasteiger partial charge on any atom is -0.391 e. The van der Waals surface area contributed by atoms with Gasteiger partial charge in [0.1, 0.15) is 0 Å². The molecule has 1 fully saturated rings. The number of aliphatic hydroxyl groups is 1. The zero-order valence-electron chi connectivity index (χ0n) is 13.2. The highest BCUT2D eigenvalue weighted by molar-refractivity contribution is 5.76. The molecule has 0 spiro atoms. The Labute approximate surface area is 136 Å². The second-order valence-corrected chi connectivity index (χ2v) is 6.20. The van der Waals surface area contributed by atoms with E-state index < -0.39 is 6.10 Å². The van der Waals surface area contributed by atoms with Gasteiger partial charge in [0.2, 0.25) is 5.91 Å². The molecule has 1 aliphatic heterocycles. The molecular formula is C18H23N3O2. The van der Waals surface area contributed by atoms with Crippen LogP contribution >= 0.6 is 0 Å². The minimum absolute atomic E-state index is 0.107. The number of piperidine rings is 1. The van der Waals surface area contributed by atoms with Crippen LogP contribution in [0.1, 0.15) is 18.4 Å². The molecule has 0 saturated carbocycles. The van der Waals surface area contributed by atoms with Gasteiger partial charge >= 0.3 is 0 Å². The summed E-state index contributed by atoms with van der Waals surface area (Å²) < 4.78 is 1.90. The largest absolute Gasteiger partial charge is 0.391 e. The molecule has 0 radical (unpaired) electrons. The average Bonchev–Trinajstić information content (AvgIpc) is 3.09. The summed E-state index contributed by atoms with van der Waals surface area (Å²) in [6, 6.07) is 10.2. The van der Waals surface area contributed by atoms with E-state index in [-0.39, 0.29) is 11.8 Å². The SMILES string of the molecule is O=C(CCn1ccnc1)N1CC[C@H](Cc2ccccc2)[C@@H](O)C1. The van der Waals surface area contributed by atoms with Crippen LogP contribution in [0.4, 0.5) is 0 Å². The Morgan fingerprint density at radius 2 is 2.13 bits per heavy atom.